The van der Waals surface area contributed by atoms with Gasteiger partial charge in [0.25, 0.3) is 11.1 Å². The van der Waals surface area contributed by atoms with E-state index in [9.17, 15) is 37.1 Å². The van der Waals surface area contributed by atoms with Gasteiger partial charge in [-0.25, -0.2) is 22.4 Å². The van der Waals surface area contributed by atoms with Crippen LogP contribution in [0.15, 0.2) is 67.2 Å². The zero-order valence-electron chi connectivity index (χ0n) is 25.0. The molecule has 46 heavy (non-hydrogen) atoms. The smallest absolute Gasteiger partial charge is 0.407 e. The first-order chi connectivity index (χ1) is 21.9. The number of halogens is 4. The highest BCUT2D eigenvalue weighted by Crippen LogP contribution is 2.40. The number of piperidine rings is 2. The maximum Gasteiger partial charge on any atom is 0.407 e. The van der Waals surface area contributed by atoms with E-state index in [4.69, 9.17) is 9.05 Å². The molecular formula is C32H34F4N4O6. The van der Waals surface area contributed by atoms with Crippen molar-refractivity contribution in [2.75, 3.05) is 13.1 Å². The molecule has 2 aromatic heterocycles. The van der Waals surface area contributed by atoms with Crippen LogP contribution in [0, 0.1) is 23.3 Å². The summed E-state index contributed by atoms with van der Waals surface area (Å²) in [4.78, 5) is 35.3. The topological polar surface area (TPSA) is 145 Å². The predicted molar refractivity (Wildman–Crippen MR) is 158 cm³/mol. The van der Waals surface area contributed by atoms with Gasteiger partial charge in [0.2, 0.25) is 0 Å². The average molecular weight is 647 g/mol. The number of aromatic nitrogens is 2. The van der Waals surface area contributed by atoms with Gasteiger partial charge >= 0.3 is 6.09 Å². The summed E-state index contributed by atoms with van der Waals surface area (Å²) < 4.78 is 65.8. The quantitative estimate of drug-likeness (QED) is 0.205. The molecule has 0 aliphatic carbocycles. The number of amides is 1. The minimum absolute atomic E-state index is 0.0460. The summed E-state index contributed by atoms with van der Waals surface area (Å²) in [7, 11) is 0. The fourth-order valence-corrected chi connectivity index (χ4v) is 6.51. The number of likely N-dealkylation sites (tertiary alicyclic amines) is 1. The second-order valence-electron chi connectivity index (χ2n) is 12.0. The molecule has 0 radical (unpaired) electrons. The second kappa shape index (κ2) is 13.8. The molecule has 2 aliphatic heterocycles. The van der Waals surface area contributed by atoms with E-state index in [0.29, 0.717) is 24.4 Å². The fraction of sp³-hybridized carbons (Fsp3) is 0.406. The first-order valence-corrected chi connectivity index (χ1v) is 14.9. The van der Waals surface area contributed by atoms with Gasteiger partial charge in [0.15, 0.2) is 0 Å². The molecule has 2 saturated heterocycles. The van der Waals surface area contributed by atoms with Gasteiger partial charge in [-0.1, -0.05) is 12.1 Å². The molecule has 4 aromatic rings. The first-order valence-electron chi connectivity index (χ1n) is 14.9. The van der Waals surface area contributed by atoms with Gasteiger partial charge in [0, 0.05) is 59.6 Å². The van der Waals surface area contributed by atoms with Gasteiger partial charge in [-0.2, -0.15) is 10.3 Å². The highest BCUT2D eigenvalue weighted by Gasteiger charge is 2.43. The lowest BCUT2D eigenvalue weighted by Gasteiger charge is -2.46. The summed E-state index contributed by atoms with van der Waals surface area (Å²) in [5.74, 6) is -1.54. The van der Waals surface area contributed by atoms with Gasteiger partial charge in [0.05, 0.1) is 0 Å². The predicted octanol–water partition coefficient (Wildman–Crippen LogP) is 5.43. The minimum Gasteiger partial charge on any atom is -0.465 e. The van der Waals surface area contributed by atoms with Gasteiger partial charge in [0.1, 0.15) is 34.8 Å². The number of carbonyl (C=O) groups is 1. The molecule has 6 rings (SSSR count). The number of aromatic amines is 2. The summed E-state index contributed by atoms with van der Waals surface area (Å²) in [6, 6.07) is 10.2. The Labute approximate surface area is 260 Å². The average Bonchev–Trinajstić information content (AvgIpc) is 3.65. The zero-order valence-corrected chi connectivity index (χ0v) is 25.0. The van der Waals surface area contributed by atoms with Gasteiger partial charge in [-0.15, -0.1) is 0 Å². The van der Waals surface area contributed by atoms with Crippen molar-refractivity contribution >= 4 is 6.09 Å². The van der Waals surface area contributed by atoms with Crippen LogP contribution in [0.4, 0.5) is 22.4 Å². The van der Waals surface area contributed by atoms with E-state index < -0.39 is 34.9 Å². The van der Waals surface area contributed by atoms with Gasteiger partial charge in [-0.3, -0.25) is 9.59 Å². The number of hydrogen-bond acceptors (Lipinski definition) is 6. The van der Waals surface area contributed by atoms with Gasteiger partial charge < -0.3 is 24.4 Å². The molecule has 4 N–H and O–H groups in total. The van der Waals surface area contributed by atoms with Crippen LogP contribution in [0.3, 0.4) is 0 Å². The monoisotopic (exact) mass is 646 g/mol. The standard InChI is InChI=1S/C17H18F2N2O4.C15H16F2N2O2/c1-17(9-11-12(18)3-2-4-13(11)19)8-10(5-6-21(17)16(23)24)14-7-15(22)20-25-14;16-12-2-1-3-13(17)11(12)7-10-6-9(4-5-18-10)14-8-15(20)19-21-14/h2-4,7,10H,5-6,8-9H2,1H3,(H,20,22)(H,23,24);1-3,8-10,18H,4-7H2,(H,19,20)/t10-,17+;9-,10+/m00/s1. The van der Waals surface area contributed by atoms with E-state index in [-0.39, 0.29) is 65.9 Å². The highest BCUT2D eigenvalue weighted by atomic mass is 19.1. The molecule has 246 valence electrons. The molecular weight excluding hydrogens is 612 g/mol. The second-order valence-corrected chi connectivity index (χ2v) is 12.0. The lowest BCUT2D eigenvalue weighted by Crippen LogP contribution is -2.55. The third-order valence-electron chi connectivity index (χ3n) is 8.79. The van der Waals surface area contributed by atoms with E-state index in [1.165, 1.54) is 41.3 Å². The van der Waals surface area contributed by atoms with Crippen LogP contribution >= 0.6 is 0 Å². The van der Waals surface area contributed by atoms with Crippen LogP contribution < -0.4 is 16.4 Å². The third-order valence-corrected chi connectivity index (χ3v) is 8.79. The maximum atomic E-state index is 14.1. The first kappa shape index (κ1) is 32.8. The lowest BCUT2D eigenvalue weighted by atomic mass is 9.77. The van der Waals surface area contributed by atoms with Crippen LogP contribution in [0.2, 0.25) is 0 Å². The van der Waals surface area contributed by atoms with E-state index in [0.717, 1.165) is 25.1 Å². The molecule has 2 aromatic carbocycles. The Morgan fingerprint density at radius 2 is 1.43 bits per heavy atom. The SMILES string of the molecule is C[C@]1(Cc2c(F)cccc2F)C[C@@H](c2cc(=O)[nH]o2)CCN1C(=O)O.O=c1cc([C@H]2CCN[C@@H](Cc3c(F)cccc3F)C2)o[nH]1. The number of H-pyrrole nitrogens is 2. The molecule has 0 bridgehead atoms. The Balaban J connectivity index is 0.000000184. The summed E-state index contributed by atoms with van der Waals surface area (Å²) in [6.07, 6.45) is 1.28. The van der Waals surface area contributed by atoms with Gasteiger partial charge in [-0.05, 0) is 69.8 Å². The number of carboxylic acid groups (broad SMARTS) is 1. The molecule has 0 saturated carbocycles. The third kappa shape index (κ3) is 7.44. The number of hydrogen-bond donors (Lipinski definition) is 4. The molecule has 10 nitrogen and oxygen atoms in total. The largest absolute Gasteiger partial charge is 0.465 e. The summed E-state index contributed by atoms with van der Waals surface area (Å²) >= 11 is 0. The van der Waals surface area contributed by atoms with Crippen molar-refractivity contribution < 1.29 is 36.5 Å². The summed E-state index contributed by atoms with van der Waals surface area (Å²) in [6.45, 7) is 2.56. The zero-order chi connectivity index (χ0) is 33.0. The van der Waals surface area contributed by atoms with E-state index in [2.05, 4.69) is 15.6 Å². The van der Waals surface area contributed by atoms with Crippen molar-refractivity contribution in [1.82, 2.24) is 20.5 Å². The molecule has 2 aliphatic rings. The molecule has 1 amide bonds. The lowest BCUT2D eigenvalue weighted by molar-refractivity contribution is 0.0451. The molecule has 0 spiro atoms. The minimum atomic E-state index is -1.15. The number of rotatable bonds is 6. The van der Waals surface area contributed by atoms with Crippen molar-refractivity contribution in [2.45, 2.75) is 68.9 Å². The maximum absolute atomic E-state index is 14.1. The van der Waals surface area contributed by atoms with Crippen LogP contribution in [-0.4, -0.2) is 51.1 Å². The normalized spacial score (nSPS) is 23.1. The van der Waals surface area contributed by atoms with Crippen LogP contribution in [0.25, 0.3) is 0 Å². The Morgan fingerprint density at radius 3 is 1.96 bits per heavy atom. The van der Waals surface area contributed by atoms with Crippen molar-refractivity contribution in [3.63, 3.8) is 0 Å². The van der Waals surface area contributed by atoms with Crippen LogP contribution in [0.5, 0.6) is 0 Å². The Bertz CT molecular complexity index is 1740. The Morgan fingerprint density at radius 1 is 0.891 bits per heavy atom. The molecule has 2 fully saturated rings. The van der Waals surface area contributed by atoms with Crippen molar-refractivity contribution in [1.29, 1.82) is 0 Å². The molecule has 0 unspecified atom stereocenters. The summed E-state index contributed by atoms with van der Waals surface area (Å²) in [5.41, 5.74) is -1.72. The van der Waals surface area contributed by atoms with Crippen molar-refractivity contribution in [2.24, 2.45) is 0 Å². The molecule has 4 heterocycles. The number of benzene rings is 2. The highest BCUT2D eigenvalue weighted by molar-refractivity contribution is 5.66. The van der Waals surface area contributed by atoms with E-state index in [1.54, 1.807) is 6.92 Å². The van der Waals surface area contributed by atoms with E-state index >= 15 is 0 Å². The van der Waals surface area contributed by atoms with Crippen LogP contribution in [-0.2, 0) is 12.8 Å². The van der Waals surface area contributed by atoms with Crippen LogP contribution in [0.1, 0.15) is 67.1 Å². The fourth-order valence-electron chi connectivity index (χ4n) is 6.51. The van der Waals surface area contributed by atoms with Crippen molar-refractivity contribution in [3.05, 3.63) is 115 Å². The van der Waals surface area contributed by atoms with Crippen molar-refractivity contribution in [3.8, 4) is 0 Å². The Hall–Kier alpha value is -4.59. The molecule has 14 heteroatoms. The Kier molecular flexibility index (Phi) is 9.85. The molecule has 4 atom stereocenters. The summed E-state index contributed by atoms with van der Waals surface area (Å²) in [5, 5.41) is 17.3. The number of nitrogens with zero attached hydrogens (tertiary/aromatic N) is 1. The van der Waals surface area contributed by atoms with E-state index in [1.807, 2.05) is 0 Å². The number of nitrogens with one attached hydrogen (secondary N) is 3.